The third kappa shape index (κ3) is 7.47. The number of aliphatic hydroxyl groups excluding tert-OH is 2. The number of hydrogen-bond donors (Lipinski definition) is 2. The Balaban J connectivity index is 1.30. The summed E-state index contributed by atoms with van der Waals surface area (Å²) in [6.07, 6.45) is -0.00288. The van der Waals surface area contributed by atoms with Gasteiger partial charge >= 0.3 is 0 Å². The van der Waals surface area contributed by atoms with Crippen molar-refractivity contribution in [2.24, 2.45) is 0 Å². The summed E-state index contributed by atoms with van der Waals surface area (Å²) in [5.41, 5.74) is 0. The zero-order valence-electron chi connectivity index (χ0n) is 16.1. The smallest absolute Gasteiger partial charge is 0.112 e. The lowest BCUT2D eigenvalue weighted by Gasteiger charge is -2.33. The number of epoxide rings is 4. The normalized spacial score (nSPS) is 34.5. The van der Waals surface area contributed by atoms with Crippen molar-refractivity contribution >= 4 is 0 Å². The largest absolute Gasteiger partial charge is 0.388 e. The van der Waals surface area contributed by atoms with Gasteiger partial charge in [-0.15, -0.1) is 0 Å². The average Bonchev–Trinajstić information content (AvgIpc) is 3.54. The van der Waals surface area contributed by atoms with E-state index in [-0.39, 0.29) is 31.0 Å². The van der Waals surface area contributed by atoms with E-state index in [2.05, 4.69) is 0 Å². The number of ether oxygens (including phenoxy) is 7. The summed E-state index contributed by atoms with van der Waals surface area (Å²) in [7, 11) is 0. The lowest BCUT2D eigenvalue weighted by atomic mass is 9.98. The van der Waals surface area contributed by atoms with E-state index in [0.29, 0.717) is 52.2 Å². The fraction of sp³-hybridized carbons (Fsp3) is 1.00. The molecule has 4 aliphatic rings. The van der Waals surface area contributed by atoms with Crippen LogP contribution in [-0.4, -0.2) is 112 Å². The van der Waals surface area contributed by atoms with Gasteiger partial charge in [-0.1, -0.05) is 0 Å². The Kier molecular flexibility index (Phi) is 7.54. The minimum atomic E-state index is -1.12. The molecule has 0 radical (unpaired) electrons. The predicted octanol–water partition coefficient (Wildman–Crippen LogP) is -0.739. The Hall–Kier alpha value is -0.360. The monoisotopic (exact) mass is 404 g/mol. The summed E-state index contributed by atoms with van der Waals surface area (Å²) in [5, 5.41) is 21.2. The van der Waals surface area contributed by atoms with Gasteiger partial charge in [0.15, 0.2) is 0 Å². The van der Waals surface area contributed by atoms with Crippen molar-refractivity contribution in [1.82, 2.24) is 0 Å². The molecule has 0 aromatic rings. The molecule has 8 atom stereocenters. The summed E-state index contributed by atoms with van der Waals surface area (Å²) in [6.45, 7) is 4.16. The molecule has 4 rings (SSSR count). The Labute approximate surface area is 165 Å². The van der Waals surface area contributed by atoms with Crippen molar-refractivity contribution in [2.45, 2.75) is 68.1 Å². The Bertz CT molecular complexity index is 462. The number of rotatable bonds is 17. The summed E-state index contributed by atoms with van der Waals surface area (Å²) in [4.78, 5) is 0. The van der Waals surface area contributed by atoms with Gasteiger partial charge in [-0.3, -0.25) is 0 Å². The maximum absolute atomic E-state index is 10.8. The Morgan fingerprint density at radius 3 is 1.96 bits per heavy atom. The van der Waals surface area contributed by atoms with E-state index in [4.69, 9.17) is 33.2 Å². The van der Waals surface area contributed by atoms with Crippen LogP contribution in [0.25, 0.3) is 0 Å². The van der Waals surface area contributed by atoms with E-state index < -0.39 is 18.3 Å². The molecule has 0 amide bonds. The fourth-order valence-electron chi connectivity index (χ4n) is 3.13. The molecule has 0 aromatic carbocycles. The van der Waals surface area contributed by atoms with Crippen LogP contribution in [0.3, 0.4) is 0 Å². The Morgan fingerprint density at radius 2 is 1.36 bits per heavy atom. The third-order valence-electron chi connectivity index (χ3n) is 5.28. The highest BCUT2D eigenvalue weighted by molar-refractivity contribution is 4.86. The van der Waals surface area contributed by atoms with Crippen LogP contribution in [0.15, 0.2) is 0 Å². The highest BCUT2D eigenvalue weighted by Crippen LogP contribution is 2.24. The molecule has 4 heterocycles. The molecule has 0 bridgehead atoms. The van der Waals surface area contributed by atoms with E-state index in [0.717, 1.165) is 19.4 Å². The van der Waals surface area contributed by atoms with Crippen LogP contribution >= 0.6 is 0 Å². The molecule has 4 aliphatic heterocycles. The SMILES string of the molecule is OC(COCC1CO1)C(O)C(OCC1CO1)C(CCCC1CO1)OCC1CO1. The highest BCUT2D eigenvalue weighted by Gasteiger charge is 2.38. The molecule has 28 heavy (non-hydrogen) atoms. The zero-order valence-corrected chi connectivity index (χ0v) is 16.1. The summed E-state index contributed by atoms with van der Waals surface area (Å²) < 4.78 is 38.3. The Morgan fingerprint density at radius 1 is 0.786 bits per heavy atom. The highest BCUT2D eigenvalue weighted by atomic mass is 16.6. The van der Waals surface area contributed by atoms with Crippen molar-refractivity contribution < 1.29 is 43.4 Å². The maximum Gasteiger partial charge on any atom is 0.112 e. The second-order valence-corrected chi connectivity index (χ2v) is 8.02. The van der Waals surface area contributed by atoms with Crippen molar-refractivity contribution in [3.63, 3.8) is 0 Å². The second-order valence-electron chi connectivity index (χ2n) is 8.02. The van der Waals surface area contributed by atoms with Gasteiger partial charge in [-0.05, 0) is 19.3 Å². The molecule has 0 spiro atoms. The van der Waals surface area contributed by atoms with Crippen molar-refractivity contribution in [3.05, 3.63) is 0 Å². The quantitative estimate of drug-likeness (QED) is 0.302. The van der Waals surface area contributed by atoms with Crippen LogP contribution in [0, 0.1) is 0 Å². The van der Waals surface area contributed by atoms with E-state index in [9.17, 15) is 10.2 Å². The summed E-state index contributed by atoms with van der Waals surface area (Å²) in [5.74, 6) is 0. The van der Waals surface area contributed by atoms with Gasteiger partial charge in [0.05, 0.1) is 65.1 Å². The summed E-state index contributed by atoms with van der Waals surface area (Å²) >= 11 is 0. The average molecular weight is 404 g/mol. The maximum atomic E-state index is 10.8. The van der Waals surface area contributed by atoms with Crippen molar-refractivity contribution in [2.75, 3.05) is 52.9 Å². The molecule has 0 aromatic heterocycles. The van der Waals surface area contributed by atoms with Crippen LogP contribution in [0.5, 0.6) is 0 Å². The van der Waals surface area contributed by atoms with Gasteiger partial charge in [-0.2, -0.15) is 0 Å². The predicted molar refractivity (Wildman–Crippen MR) is 95.1 cm³/mol. The molecule has 2 N–H and O–H groups in total. The number of aliphatic hydroxyl groups is 2. The van der Waals surface area contributed by atoms with Crippen LogP contribution in [-0.2, 0) is 33.2 Å². The molecule has 4 saturated heterocycles. The molecule has 9 nitrogen and oxygen atoms in total. The van der Waals surface area contributed by atoms with E-state index in [1.54, 1.807) is 0 Å². The van der Waals surface area contributed by atoms with Gasteiger partial charge in [0.1, 0.15) is 36.6 Å². The topological polar surface area (TPSA) is 118 Å². The lowest BCUT2D eigenvalue weighted by Crippen LogP contribution is -2.49. The standard InChI is InChI=1S/C19H32O9/c20-16(11-22-4-13-6-24-13)18(21)19(28-10-15-8-26-15)17(27-9-14-7-25-14)3-1-2-12-5-23-12/h12-21H,1-11H2. The van der Waals surface area contributed by atoms with Gasteiger partial charge in [0, 0.05) is 0 Å². The minimum Gasteiger partial charge on any atom is -0.388 e. The molecule has 0 saturated carbocycles. The van der Waals surface area contributed by atoms with E-state index >= 15 is 0 Å². The van der Waals surface area contributed by atoms with Gasteiger partial charge in [0.25, 0.3) is 0 Å². The molecule has 162 valence electrons. The number of hydrogen-bond acceptors (Lipinski definition) is 9. The first kappa shape index (κ1) is 20.9. The van der Waals surface area contributed by atoms with Gasteiger partial charge in [-0.25, -0.2) is 0 Å². The molecular formula is C19H32O9. The lowest BCUT2D eigenvalue weighted by molar-refractivity contribution is -0.162. The van der Waals surface area contributed by atoms with Crippen LogP contribution in [0.1, 0.15) is 19.3 Å². The minimum absolute atomic E-state index is 0.0230. The van der Waals surface area contributed by atoms with Crippen molar-refractivity contribution in [1.29, 1.82) is 0 Å². The molecule has 9 heteroatoms. The molecule has 0 aliphatic carbocycles. The first-order chi connectivity index (χ1) is 13.7. The third-order valence-corrected chi connectivity index (χ3v) is 5.28. The van der Waals surface area contributed by atoms with E-state index in [1.807, 2.05) is 0 Å². The van der Waals surface area contributed by atoms with Gasteiger partial charge in [0.2, 0.25) is 0 Å². The summed E-state index contributed by atoms with van der Waals surface area (Å²) in [6, 6.07) is 0. The fourth-order valence-corrected chi connectivity index (χ4v) is 3.13. The van der Waals surface area contributed by atoms with E-state index in [1.165, 1.54) is 0 Å². The second kappa shape index (κ2) is 10.1. The molecular weight excluding hydrogens is 372 g/mol. The van der Waals surface area contributed by atoms with Crippen LogP contribution < -0.4 is 0 Å². The first-order valence-corrected chi connectivity index (χ1v) is 10.3. The first-order valence-electron chi connectivity index (χ1n) is 10.3. The molecule has 8 unspecified atom stereocenters. The zero-order chi connectivity index (χ0) is 19.3. The van der Waals surface area contributed by atoms with Gasteiger partial charge < -0.3 is 43.4 Å². The van der Waals surface area contributed by atoms with Crippen LogP contribution in [0.4, 0.5) is 0 Å². The van der Waals surface area contributed by atoms with Crippen molar-refractivity contribution in [3.8, 4) is 0 Å². The molecule has 4 fully saturated rings. The van der Waals surface area contributed by atoms with Crippen LogP contribution in [0.2, 0.25) is 0 Å².